The first-order valence-electron chi connectivity index (χ1n) is 4.87. The second-order valence-electron chi connectivity index (χ2n) is 3.59. The maximum atomic E-state index is 4.00. The number of H-pyrrole nitrogens is 1. The van der Waals surface area contributed by atoms with Crippen molar-refractivity contribution in [1.29, 1.82) is 0 Å². The second kappa shape index (κ2) is 3.70. The molecule has 74 valence electrons. The van der Waals surface area contributed by atoms with Crippen molar-refractivity contribution >= 4 is 0 Å². The van der Waals surface area contributed by atoms with E-state index in [9.17, 15) is 0 Å². The highest BCUT2D eigenvalue weighted by Gasteiger charge is 2.01. The van der Waals surface area contributed by atoms with Crippen LogP contribution in [-0.2, 0) is 13.0 Å². The van der Waals surface area contributed by atoms with Crippen LogP contribution in [-0.4, -0.2) is 14.5 Å². The largest absolute Gasteiger partial charge is 0.349 e. The molecule has 0 aromatic carbocycles. The van der Waals surface area contributed by atoms with Gasteiger partial charge in [-0.2, -0.15) is 0 Å². The van der Waals surface area contributed by atoms with E-state index in [4.69, 9.17) is 0 Å². The Labute approximate surface area is 83.8 Å². The van der Waals surface area contributed by atoms with Crippen LogP contribution in [0.4, 0.5) is 0 Å². The normalized spacial score (nSPS) is 10.7. The highest BCUT2D eigenvalue weighted by atomic mass is 15.0. The molecule has 0 aliphatic heterocycles. The van der Waals surface area contributed by atoms with E-state index in [1.54, 1.807) is 6.33 Å². The smallest absolute Gasteiger partial charge is 0.0921 e. The molecule has 0 fully saturated rings. The van der Waals surface area contributed by atoms with E-state index in [0.717, 1.165) is 13.0 Å². The molecule has 0 aliphatic carbocycles. The summed E-state index contributed by atoms with van der Waals surface area (Å²) in [6.45, 7) is 5.30. The average Bonchev–Trinajstić information content (AvgIpc) is 2.76. The third-order valence-electron chi connectivity index (χ3n) is 2.58. The zero-order valence-corrected chi connectivity index (χ0v) is 8.62. The Kier molecular flexibility index (Phi) is 2.39. The highest BCUT2D eigenvalue weighted by Crippen LogP contribution is 2.08. The van der Waals surface area contributed by atoms with Gasteiger partial charge in [0.25, 0.3) is 0 Å². The SMILES string of the molecule is Cc1ccc(C)n1CCc1cnc[nH]1. The summed E-state index contributed by atoms with van der Waals surface area (Å²) >= 11 is 0. The van der Waals surface area contributed by atoms with Crippen LogP contribution >= 0.6 is 0 Å². The van der Waals surface area contributed by atoms with Gasteiger partial charge in [-0.1, -0.05) is 0 Å². The Bertz CT molecular complexity index is 379. The lowest BCUT2D eigenvalue weighted by Crippen LogP contribution is -2.04. The molecule has 3 heteroatoms. The Balaban J connectivity index is 2.05. The van der Waals surface area contributed by atoms with E-state index in [1.807, 2.05) is 6.20 Å². The molecule has 0 spiro atoms. The molecule has 0 atom stereocenters. The minimum Gasteiger partial charge on any atom is -0.349 e. The Morgan fingerprint density at radius 1 is 1.29 bits per heavy atom. The van der Waals surface area contributed by atoms with Crippen LogP contribution in [0.1, 0.15) is 17.1 Å². The van der Waals surface area contributed by atoms with Crippen molar-refractivity contribution in [1.82, 2.24) is 14.5 Å². The molecule has 0 saturated heterocycles. The summed E-state index contributed by atoms with van der Waals surface area (Å²) in [6, 6.07) is 4.31. The van der Waals surface area contributed by atoms with E-state index < -0.39 is 0 Å². The number of hydrogen-bond acceptors (Lipinski definition) is 1. The fraction of sp³-hybridized carbons (Fsp3) is 0.364. The molecule has 0 radical (unpaired) electrons. The summed E-state index contributed by atoms with van der Waals surface area (Å²) in [5.74, 6) is 0. The van der Waals surface area contributed by atoms with Crippen molar-refractivity contribution in [2.75, 3.05) is 0 Å². The number of aromatic amines is 1. The van der Waals surface area contributed by atoms with Crippen LogP contribution in [0, 0.1) is 13.8 Å². The summed E-state index contributed by atoms with van der Waals surface area (Å²) in [5.41, 5.74) is 3.83. The van der Waals surface area contributed by atoms with Crippen LogP contribution in [0.15, 0.2) is 24.7 Å². The number of aryl methyl sites for hydroxylation is 3. The van der Waals surface area contributed by atoms with E-state index in [2.05, 4.69) is 40.5 Å². The molecule has 0 bridgehead atoms. The lowest BCUT2D eigenvalue weighted by molar-refractivity contribution is 0.657. The quantitative estimate of drug-likeness (QED) is 0.788. The fourth-order valence-corrected chi connectivity index (χ4v) is 1.71. The lowest BCUT2D eigenvalue weighted by Gasteiger charge is -2.07. The monoisotopic (exact) mass is 189 g/mol. The first-order chi connectivity index (χ1) is 6.77. The molecule has 2 heterocycles. The van der Waals surface area contributed by atoms with Crippen molar-refractivity contribution in [3.05, 3.63) is 41.7 Å². The van der Waals surface area contributed by atoms with Gasteiger partial charge in [-0.3, -0.25) is 0 Å². The van der Waals surface area contributed by atoms with Crippen molar-refractivity contribution in [3.8, 4) is 0 Å². The van der Waals surface area contributed by atoms with Crippen LogP contribution in [0.5, 0.6) is 0 Å². The van der Waals surface area contributed by atoms with Crippen LogP contribution in [0.3, 0.4) is 0 Å². The lowest BCUT2D eigenvalue weighted by atomic mass is 10.3. The van der Waals surface area contributed by atoms with Gasteiger partial charge in [0.05, 0.1) is 6.33 Å². The zero-order valence-electron chi connectivity index (χ0n) is 8.62. The van der Waals surface area contributed by atoms with Gasteiger partial charge < -0.3 is 9.55 Å². The van der Waals surface area contributed by atoms with Crippen molar-refractivity contribution in [3.63, 3.8) is 0 Å². The first-order valence-corrected chi connectivity index (χ1v) is 4.87. The van der Waals surface area contributed by atoms with Gasteiger partial charge in [0.2, 0.25) is 0 Å². The molecule has 0 aliphatic rings. The average molecular weight is 189 g/mol. The number of aromatic nitrogens is 3. The fourth-order valence-electron chi connectivity index (χ4n) is 1.71. The number of imidazole rings is 1. The first kappa shape index (κ1) is 9.06. The minimum atomic E-state index is 1.01. The second-order valence-corrected chi connectivity index (χ2v) is 3.59. The van der Waals surface area contributed by atoms with Crippen molar-refractivity contribution < 1.29 is 0 Å². The topological polar surface area (TPSA) is 33.6 Å². The van der Waals surface area contributed by atoms with Crippen LogP contribution < -0.4 is 0 Å². The third-order valence-corrected chi connectivity index (χ3v) is 2.58. The Hall–Kier alpha value is -1.51. The van der Waals surface area contributed by atoms with Crippen LogP contribution in [0.25, 0.3) is 0 Å². The molecule has 0 amide bonds. The summed E-state index contributed by atoms with van der Waals surface area (Å²) in [5, 5.41) is 0. The van der Waals surface area contributed by atoms with E-state index in [1.165, 1.54) is 17.1 Å². The van der Waals surface area contributed by atoms with Crippen LogP contribution in [0.2, 0.25) is 0 Å². The summed E-state index contributed by atoms with van der Waals surface area (Å²) < 4.78 is 2.32. The van der Waals surface area contributed by atoms with E-state index in [-0.39, 0.29) is 0 Å². The predicted molar refractivity (Wildman–Crippen MR) is 56.2 cm³/mol. The molecule has 1 N–H and O–H groups in total. The molecule has 2 aromatic rings. The summed E-state index contributed by atoms with van der Waals surface area (Å²) in [6.07, 6.45) is 4.62. The summed E-state index contributed by atoms with van der Waals surface area (Å²) in [7, 11) is 0. The predicted octanol–water partition coefficient (Wildman–Crippen LogP) is 2.07. The van der Waals surface area contributed by atoms with Crippen molar-refractivity contribution in [2.24, 2.45) is 0 Å². The summed E-state index contributed by atoms with van der Waals surface area (Å²) in [4.78, 5) is 7.12. The molecular weight excluding hydrogens is 174 g/mol. The Morgan fingerprint density at radius 2 is 2.00 bits per heavy atom. The number of rotatable bonds is 3. The molecule has 2 rings (SSSR count). The molecule has 2 aromatic heterocycles. The van der Waals surface area contributed by atoms with Gasteiger partial charge in [-0.25, -0.2) is 4.98 Å². The van der Waals surface area contributed by atoms with Crippen molar-refractivity contribution in [2.45, 2.75) is 26.8 Å². The van der Waals surface area contributed by atoms with E-state index in [0.29, 0.717) is 0 Å². The van der Waals surface area contributed by atoms with Gasteiger partial charge in [-0.15, -0.1) is 0 Å². The molecule has 3 nitrogen and oxygen atoms in total. The molecule has 0 unspecified atom stereocenters. The van der Waals surface area contributed by atoms with Gasteiger partial charge in [-0.05, 0) is 26.0 Å². The third kappa shape index (κ3) is 1.71. The molecular formula is C11H15N3. The molecule has 0 saturated carbocycles. The Morgan fingerprint density at radius 3 is 2.57 bits per heavy atom. The van der Waals surface area contributed by atoms with E-state index >= 15 is 0 Å². The standard InChI is InChI=1S/C11H15N3/c1-9-3-4-10(2)14(9)6-5-11-7-12-8-13-11/h3-4,7-8H,5-6H2,1-2H3,(H,12,13). The molecule has 14 heavy (non-hydrogen) atoms. The number of hydrogen-bond donors (Lipinski definition) is 1. The number of nitrogens with one attached hydrogen (secondary N) is 1. The maximum Gasteiger partial charge on any atom is 0.0921 e. The minimum absolute atomic E-state index is 1.01. The number of nitrogens with zero attached hydrogens (tertiary/aromatic N) is 2. The van der Waals surface area contributed by atoms with Gasteiger partial charge >= 0.3 is 0 Å². The zero-order chi connectivity index (χ0) is 9.97. The maximum absolute atomic E-state index is 4.00. The highest BCUT2D eigenvalue weighted by molar-refractivity contribution is 5.13. The van der Waals surface area contributed by atoms with Gasteiger partial charge in [0.1, 0.15) is 0 Å². The van der Waals surface area contributed by atoms with Gasteiger partial charge in [0, 0.05) is 36.2 Å². The van der Waals surface area contributed by atoms with Gasteiger partial charge in [0.15, 0.2) is 0 Å².